The van der Waals surface area contributed by atoms with Gasteiger partial charge in [0, 0.05) is 0 Å². The van der Waals surface area contributed by atoms with Gasteiger partial charge >= 0.3 is 39.0 Å². The molecule has 19 heavy (non-hydrogen) atoms. The summed E-state index contributed by atoms with van der Waals surface area (Å²) in [6.45, 7) is 3.15. The maximum Gasteiger partial charge on any atom is 5.00 e. The van der Waals surface area contributed by atoms with E-state index in [9.17, 15) is 0 Å². The van der Waals surface area contributed by atoms with Crippen LogP contribution in [-0.4, -0.2) is 0 Å². The van der Waals surface area contributed by atoms with Gasteiger partial charge in [-0.15, -0.1) is 0 Å². The van der Waals surface area contributed by atoms with Crippen LogP contribution < -0.4 is 0 Å². The van der Waals surface area contributed by atoms with Gasteiger partial charge < -0.3 is 62.8 Å². The Bertz CT molecular complexity index is 136. The van der Waals surface area contributed by atoms with E-state index in [1.54, 1.807) is 13.8 Å². The molecule has 0 saturated heterocycles. The standard InChI is InChI=1S/C5H6N2.CH3.9H2N.2Ru/c1-5(2,3-6)4-7;;;;;;;;;;;;/h1-2H3;1H3;9*1H2;;/q;10*-1;2*+5. The van der Waals surface area contributed by atoms with Crippen LogP contribution in [-0.2, 0) is 39.0 Å². The molecule has 0 fully saturated rings. The summed E-state index contributed by atoms with van der Waals surface area (Å²) in [5.74, 6) is 0. The third-order valence-corrected chi connectivity index (χ3v) is 0.559. The van der Waals surface area contributed by atoms with Crippen LogP contribution in [0.25, 0.3) is 55.4 Å². The Morgan fingerprint density at radius 1 is 0.579 bits per heavy atom. The average Bonchev–Trinajstić information content (AvgIpc) is 1.68. The van der Waals surface area contributed by atoms with Gasteiger partial charge in [0.05, 0.1) is 12.1 Å². The molecule has 2 radical (unpaired) electrons. The van der Waals surface area contributed by atoms with Crippen molar-refractivity contribution in [3.8, 4) is 12.1 Å². The molecule has 0 rings (SSSR count). The van der Waals surface area contributed by atoms with E-state index in [1.807, 2.05) is 12.1 Å². The monoisotopic (exact) mass is 457 g/mol. The van der Waals surface area contributed by atoms with Crippen molar-refractivity contribution in [2.24, 2.45) is 5.41 Å². The van der Waals surface area contributed by atoms with E-state index < -0.39 is 5.41 Å². The number of hydrogen-bond donors (Lipinski definition) is 0. The van der Waals surface area contributed by atoms with Gasteiger partial charge in [-0.05, 0) is 13.8 Å². The molecule has 122 valence electrons. The first-order valence-corrected chi connectivity index (χ1v) is 1.95. The number of nitrogens with zero attached hydrogens (tertiary/aromatic N) is 2. The van der Waals surface area contributed by atoms with Gasteiger partial charge in [0.2, 0.25) is 0 Å². The number of rotatable bonds is 0. The second-order valence-electron chi connectivity index (χ2n) is 1.85. The van der Waals surface area contributed by atoms with Crippen LogP contribution in [0.5, 0.6) is 0 Å². The van der Waals surface area contributed by atoms with Gasteiger partial charge in [-0.1, -0.05) is 0 Å². The Morgan fingerprint density at radius 3 is 0.684 bits per heavy atom. The van der Waals surface area contributed by atoms with Crippen LogP contribution in [0.4, 0.5) is 0 Å². The fraction of sp³-hybridized carbons (Fsp3) is 0.500. The van der Waals surface area contributed by atoms with Crippen molar-refractivity contribution >= 4 is 0 Å². The van der Waals surface area contributed by atoms with Crippen LogP contribution in [0.2, 0.25) is 0 Å². The minimum atomic E-state index is -0.806. The smallest absolute Gasteiger partial charge is 0.693 e. The molecular weight excluding hydrogens is 428 g/mol. The van der Waals surface area contributed by atoms with E-state index in [1.165, 1.54) is 0 Å². The van der Waals surface area contributed by atoms with Gasteiger partial charge in [-0.25, -0.2) is 0 Å². The van der Waals surface area contributed by atoms with Gasteiger partial charge in [0.1, 0.15) is 5.41 Å². The van der Waals surface area contributed by atoms with Crippen LogP contribution >= 0.6 is 0 Å². The van der Waals surface area contributed by atoms with Crippen LogP contribution in [0.3, 0.4) is 0 Å². The molecule has 0 aromatic heterocycles. The van der Waals surface area contributed by atoms with Gasteiger partial charge in [0.15, 0.2) is 0 Å². The molecule has 0 atom stereocenters. The first-order valence-electron chi connectivity index (χ1n) is 1.95. The molecule has 0 aliphatic rings. The van der Waals surface area contributed by atoms with Gasteiger partial charge in [-0.2, -0.15) is 10.5 Å². The predicted molar refractivity (Wildman–Crippen MR) is 79.0 cm³/mol. The molecule has 18 N–H and O–H groups in total. The first-order chi connectivity index (χ1) is 3.12. The van der Waals surface area contributed by atoms with Gasteiger partial charge in [-0.3, -0.25) is 0 Å². The van der Waals surface area contributed by atoms with E-state index >= 15 is 0 Å². The Hall–Kier alpha value is -0.133. The third kappa shape index (κ3) is 131. The van der Waals surface area contributed by atoms with Crippen molar-refractivity contribution in [3.05, 3.63) is 62.8 Å². The minimum Gasteiger partial charge on any atom is -0.693 e. The Balaban J connectivity index is -0.00000000273. The number of nitrogens with two attached hydrogens (primary N) is 9. The first kappa shape index (κ1) is 175. The Kier molecular flexibility index (Phi) is 756. The summed E-state index contributed by atoms with van der Waals surface area (Å²) in [6.07, 6.45) is 0. The second-order valence-corrected chi connectivity index (χ2v) is 1.85. The molecule has 0 spiro atoms. The zero-order valence-corrected chi connectivity index (χ0v) is 14.8. The van der Waals surface area contributed by atoms with E-state index in [4.69, 9.17) is 10.5 Å². The molecule has 13 heteroatoms. The summed E-state index contributed by atoms with van der Waals surface area (Å²) >= 11 is 0. The van der Waals surface area contributed by atoms with Crippen LogP contribution in [0.15, 0.2) is 0 Å². The topological polar surface area (TPSA) is 349 Å². The average molecular weight is 455 g/mol. The molecule has 11 nitrogen and oxygen atoms in total. The summed E-state index contributed by atoms with van der Waals surface area (Å²) in [7, 11) is 0. The molecule has 0 aromatic carbocycles. The molecule has 0 unspecified atom stereocenters. The summed E-state index contributed by atoms with van der Waals surface area (Å²) in [4.78, 5) is 0. The summed E-state index contributed by atoms with van der Waals surface area (Å²) in [5, 5.41) is 16.2. The molecule has 0 bridgehead atoms. The Morgan fingerprint density at radius 2 is 0.684 bits per heavy atom. The van der Waals surface area contributed by atoms with E-state index in [-0.39, 0.29) is 102 Å². The third-order valence-electron chi connectivity index (χ3n) is 0.559. The van der Waals surface area contributed by atoms with Gasteiger partial charge in [0.25, 0.3) is 0 Å². The molecule has 0 heterocycles. The zero-order chi connectivity index (χ0) is 5.91. The number of nitriles is 2. The van der Waals surface area contributed by atoms with Crippen molar-refractivity contribution in [1.82, 2.24) is 0 Å². The largest absolute Gasteiger partial charge is 5.00 e. The van der Waals surface area contributed by atoms with Crippen molar-refractivity contribution < 1.29 is 39.0 Å². The normalized spacial score (nSPS) is 3.37. The quantitative estimate of drug-likeness (QED) is 0.258. The zero-order valence-electron chi connectivity index (χ0n) is 11.3. The Labute approximate surface area is 143 Å². The van der Waals surface area contributed by atoms with E-state index in [0.717, 1.165) is 0 Å². The summed E-state index contributed by atoms with van der Waals surface area (Å²) in [5.41, 5.74) is -0.806. The van der Waals surface area contributed by atoms with Crippen molar-refractivity contribution in [3.63, 3.8) is 0 Å². The van der Waals surface area contributed by atoms with E-state index in [0.29, 0.717) is 0 Å². The maximum absolute atomic E-state index is 8.12. The van der Waals surface area contributed by atoms with Crippen LogP contribution in [0.1, 0.15) is 13.8 Å². The predicted octanol–water partition coefficient (Wildman–Crippen LogP) is 7.96. The molecular formula is C6H27N11Ru2. The minimum absolute atomic E-state index is 0. The summed E-state index contributed by atoms with van der Waals surface area (Å²) < 4.78 is 0. The van der Waals surface area contributed by atoms with Crippen molar-refractivity contribution in [1.29, 1.82) is 10.5 Å². The number of hydrogen-bond acceptors (Lipinski definition) is 2. The molecule has 0 saturated carbocycles. The van der Waals surface area contributed by atoms with Crippen molar-refractivity contribution in [2.75, 3.05) is 0 Å². The molecule has 0 aromatic rings. The second kappa shape index (κ2) is 82.1. The van der Waals surface area contributed by atoms with Crippen molar-refractivity contribution in [2.45, 2.75) is 13.8 Å². The SMILES string of the molecule is CC(C)(C#N)C#N.[CH3-].[NH2-].[NH2-].[NH2-].[NH2-].[NH2-].[NH2-].[NH2-].[NH2-].[NH2-].[Ru+5].[Ru+5]. The molecule has 0 aliphatic heterocycles. The fourth-order valence-corrected chi connectivity index (χ4v) is 0.0250. The maximum atomic E-state index is 8.12. The van der Waals surface area contributed by atoms with E-state index in [2.05, 4.69) is 0 Å². The van der Waals surface area contributed by atoms with Crippen LogP contribution in [0, 0.1) is 35.5 Å². The summed E-state index contributed by atoms with van der Waals surface area (Å²) in [6, 6.07) is 3.66. The molecule has 0 aliphatic carbocycles. The fourth-order valence-electron chi connectivity index (χ4n) is 0.0250. The molecule has 0 amide bonds.